The fraction of sp³-hybridized carbons (Fsp3) is 0.250. The molecule has 0 bridgehead atoms. The van der Waals surface area contributed by atoms with Gasteiger partial charge in [-0.05, 0) is 26.0 Å². The van der Waals surface area contributed by atoms with Crippen LogP contribution in [0, 0.1) is 17.0 Å². The van der Waals surface area contributed by atoms with Gasteiger partial charge in [-0.3, -0.25) is 19.6 Å². The molecule has 0 fully saturated rings. The lowest BCUT2D eigenvalue weighted by atomic mass is 10.3. The Morgan fingerprint density at radius 1 is 1.32 bits per heavy atom. The molecule has 2 rings (SSSR count). The van der Waals surface area contributed by atoms with Crippen LogP contribution in [0.4, 0.5) is 11.4 Å². The van der Waals surface area contributed by atoms with E-state index in [0.29, 0.717) is 17.9 Å². The number of hydrogen-bond donors (Lipinski definition) is 1. The monoisotopic (exact) mass is 262 g/mol. The van der Waals surface area contributed by atoms with Gasteiger partial charge in [-0.1, -0.05) is 0 Å². The molecule has 0 aliphatic carbocycles. The van der Waals surface area contributed by atoms with Crippen molar-refractivity contribution in [3.8, 4) is 5.69 Å². The average Bonchev–Trinajstić information content (AvgIpc) is 2.62. The Hall–Kier alpha value is -2.57. The van der Waals surface area contributed by atoms with Gasteiger partial charge in [0.1, 0.15) is 5.69 Å². The highest BCUT2D eigenvalue weighted by atomic mass is 16.6. The Balaban J connectivity index is 2.62. The summed E-state index contributed by atoms with van der Waals surface area (Å²) in [5.41, 5.74) is 6.84. The molecule has 1 aromatic carbocycles. The fourth-order valence-electron chi connectivity index (χ4n) is 2.02. The second-order valence-corrected chi connectivity index (χ2v) is 4.11. The van der Waals surface area contributed by atoms with E-state index in [4.69, 9.17) is 5.73 Å². The molecule has 0 atom stereocenters. The van der Waals surface area contributed by atoms with Crippen molar-refractivity contribution in [1.82, 2.24) is 9.36 Å². The molecule has 1 heterocycles. The smallest absolute Gasteiger partial charge is 0.294 e. The third-order valence-corrected chi connectivity index (χ3v) is 3.05. The number of nitrogen functional groups attached to an aromatic ring is 1. The molecular formula is C12H14N4O3. The lowest BCUT2D eigenvalue weighted by molar-refractivity contribution is -0.384. The summed E-state index contributed by atoms with van der Waals surface area (Å²) >= 11 is 0. The molecule has 0 saturated carbocycles. The highest BCUT2D eigenvalue weighted by Gasteiger charge is 2.15. The van der Waals surface area contributed by atoms with Crippen LogP contribution in [0.25, 0.3) is 5.69 Å². The highest BCUT2D eigenvalue weighted by molar-refractivity contribution is 5.46. The van der Waals surface area contributed by atoms with Gasteiger partial charge >= 0.3 is 0 Å². The lowest BCUT2D eigenvalue weighted by Crippen LogP contribution is -2.21. The Morgan fingerprint density at radius 3 is 2.37 bits per heavy atom. The van der Waals surface area contributed by atoms with Crippen LogP contribution in [-0.2, 0) is 6.54 Å². The van der Waals surface area contributed by atoms with E-state index in [1.807, 2.05) is 6.92 Å². The molecule has 7 heteroatoms. The van der Waals surface area contributed by atoms with E-state index < -0.39 is 4.92 Å². The van der Waals surface area contributed by atoms with Crippen LogP contribution < -0.4 is 11.3 Å². The predicted octanol–water partition coefficient (Wildman–Crippen LogP) is 1.46. The lowest BCUT2D eigenvalue weighted by Gasteiger charge is -2.10. The third-order valence-electron chi connectivity index (χ3n) is 3.05. The summed E-state index contributed by atoms with van der Waals surface area (Å²) in [6.45, 7) is 4.24. The zero-order valence-corrected chi connectivity index (χ0v) is 10.7. The molecule has 0 spiro atoms. The summed E-state index contributed by atoms with van der Waals surface area (Å²) in [6, 6.07) is 5.79. The van der Waals surface area contributed by atoms with Crippen molar-refractivity contribution in [3.05, 3.63) is 50.4 Å². The van der Waals surface area contributed by atoms with Gasteiger partial charge < -0.3 is 5.73 Å². The van der Waals surface area contributed by atoms with Crippen LogP contribution >= 0.6 is 0 Å². The van der Waals surface area contributed by atoms with E-state index in [9.17, 15) is 14.9 Å². The molecule has 1 aromatic heterocycles. The number of aromatic nitrogens is 2. The first-order valence-electron chi connectivity index (χ1n) is 5.80. The van der Waals surface area contributed by atoms with Crippen LogP contribution in [0.3, 0.4) is 0 Å². The number of benzene rings is 1. The third kappa shape index (κ3) is 1.99. The van der Waals surface area contributed by atoms with Crippen LogP contribution in [0.1, 0.15) is 12.6 Å². The van der Waals surface area contributed by atoms with Crippen LogP contribution in [-0.4, -0.2) is 14.3 Å². The maximum Gasteiger partial charge on any atom is 0.294 e. The fourth-order valence-corrected chi connectivity index (χ4v) is 2.02. The number of nitrogens with zero attached hydrogens (tertiary/aromatic N) is 3. The van der Waals surface area contributed by atoms with Gasteiger partial charge in [-0.2, -0.15) is 0 Å². The Morgan fingerprint density at radius 2 is 1.89 bits per heavy atom. The van der Waals surface area contributed by atoms with Gasteiger partial charge in [-0.15, -0.1) is 0 Å². The van der Waals surface area contributed by atoms with E-state index in [0.717, 1.165) is 0 Å². The van der Waals surface area contributed by atoms with Crippen LogP contribution in [0.5, 0.6) is 0 Å². The van der Waals surface area contributed by atoms with Crippen molar-refractivity contribution < 1.29 is 4.92 Å². The maximum atomic E-state index is 12.1. The van der Waals surface area contributed by atoms with E-state index >= 15 is 0 Å². The Labute approximate surface area is 109 Å². The number of anilines is 1. The molecule has 0 aliphatic rings. The second kappa shape index (κ2) is 4.60. The number of nitrogens with two attached hydrogens (primary N) is 1. The first-order valence-corrected chi connectivity index (χ1v) is 5.80. The van der Waals surface area contributed by atoms with Crippen LogP contribution in [0.2, 0.25) is 0 Å². The summed E-state index contributed by atoms with van der Waals surface area (Å²) in [4.78, 5) is 22.2. The number of rotatable bonds is 3. The van der Waals surface area contributed by atoms with Crippen molar-refractivity contribution in [3.63, 3.8) is 0 Å². The minimum atomic E-state index is -0.481. The van der Waals surface area contributed by atoms with Gasteiger partial charge in [0.25, 0.3) is 11.2 Å². The van der Waals surface area contributed by atoms with Gasteiger partial charge in [0.05, 0.1) is 16.3 Å². The van der Waals surface area contributed by atoms with Crippen molar-refractivity contribution in [2.75, 3.05) is 5.73 Å². The van der Waals surface area contributed by atoms with Crippen molar-refractivity contribution in [2.24, 2.45) is 0 Å². The predicted molar refractivity (Wildman–Crippen MR) is 71.5 cm³/mol. The molecule has 0 unspecified atom stereocenters. The second-order valence-electron chi connectivity index (χ2n) is 4.11. The largest absolute Gasteiger partial charge is 0.393 e. The van der Waals surface area contributed by atoms with Gasteiger partial charge in [-0.25, -0.2) is 4.68 Å². The first kappa shape index (κ1) is 12.9. The summed E-state index contributed by atoms with van der Waals surface area (Å²) in [5, 5.41) is 10.6. The summed E-state index contributed by atoms with van der Waals surface area (Å²) in [6.07, 6.45) is 0. The molecule has 2 aromatic rings. The molecule has 0 aliphatic heterocycles. The van der Waals surface area contributed by atoms with Crippen molar-refractivity contribution >= 4 is 11.4 Å². The minimum absolute atomic E-state index is 0.0175. The highest BCUT2D eigenvalue weighted by Crippen LogP contribution is 2.16. The standard InChI is InChI=1S/C12H14N4O3/c1-3-14-8(2)11(13)12(17)15(14)9-4-6-10(7-5-9)16(18)19/h4-7H,3,13H2,1-2H3. The van der Waals surface area contributed by atoms with Gasteiger partial charge in [0.15, 0.2) is 0 Å². The maximum absolute atomic E-state index is 12.1. The number of nitro groups is 1. The molecule has 0 saturated heterocycles. The topological polar surface area (TPSA) is 96.1 Å². The molecule has 0 amide bonds. The van der Waals surface area contributed by atoms with Gasteiger partial charge in [0.2, 0.25) is 0 Å². The average molecular weight is 262 g/mol. The normalized spacial score (nSPS) is 10.6. The van der Waals surface area contributed by atoms with Gasteiger partial charge in [0, 0.05) is 18.7 Å². The van der Waals surface area contributed by atoms with E-state index in [1.54, 1.807) is 11.6 Å². The molecule has 19 heavy (non-hydrogen) atoms. The molecular weight excluding hydrogens is 248 g/mol. The van der Waals surface area contributed by atoms with Crippen molar-refractivity contribution in [2.45, 2.75) is 20.4 Å². The Kier molecular flexibility index (Phi) is 3.12. The minimum Gasteiger partial charge on any atom is -0.393 e. The zero-order chi connectivity index (χ0) is 14.2. The molecule has 7 nitrogen and oxygen atoms in total. The summed E-state index contributed by atoms with van der Waals surface area (Å²) in [5.74, 6) is 0. The Bertz CT molecular complexity index is 682. The van der Waals surface area contributed by atoms with E-state index in [1.165, 1.54) is 28.9 Å². The quantitative estimate of drug-likeness (QED) is 0.669. The number of non-ortho nitro benzene ring substituents is 1. The SMILES string of the molecule is CCn1c(C)c(N)c(=O)n1-c1ccc([N+](=O)[O-])cc1. The number of hydrogen-bond acceptors (Lipinski definition) is 4. The molecule has 0 radical (unpaired) electrons. The summed E-state index contributed by atoms with van der Waals surface area (Å²) < 4.78 is 3.16. The van der Waals surface area contributed by atoms with Crippen LogP contribution in [0.15, 0.2) is 29.1 Å². The van der Waals surface area contributed by atoms with Crippen molar-refractivity contribution in [1.29, 1.82) is 0 Å². The first-order chi connectivity index (χ1) is 8.97. The summed E-state index contributed by atoms with van der Waals surface area (Å²) in [7, 11) is 0. The number of nitro benzene ring substituents is 1. The molecule has 100 valence electrons. The van der Waals surface area contributed by atoms with E-state index in [2.05, 4.69) is 0 Å². The zero-order valence-electron chi connectivity index (χ0n) is 10.7. The van der Waals surface area contributed by atoms with E-state index in [-0.39, 0.29) is 16.9 Å². The molecule has 2 N–H and O–H groups in total.